The maximum Gasteiger partial charge on any atom is 0.307 e. The van der Waals surface area contributed by atoms with Crippen LogP contribution < -0.4 is 0 Å². The summed E-state index contributed by atoms with van der Waals surface area (Å²) in [6.45, 7) is 0. The number of rotatable bonds is 3. The molecule has 0 aliphatic rings. The second-order valence-electron chi connectivity index (χ2n) is 2.70. The number of carboxylic acids is 1. The molecule has 0 radical (unpaired) electrons. The number of carboxylic acid groups (broad SMARTS) is 1. The normalized spacial score (nSPS) is 9.79. The Balaban J connectivity index is 3.15. The molecule has 0 atom stereocenters. The van der Waals surface area contributed by atoms with Crippen LogP contribution in [0, 0.1) is 0 Å². The summed E-state index contributed by atoms with van der Waals surface area (Å²) in [4.78, 5) is 20.8. The number of halogens is 1. The zero-order valence-electron chi connectivity index (χ0n) is 7.03. The van der Waals surface area contributed by atoms with Crippen LogP contribution in [0.25, 0.3) is 0 Å². The van der Waals surface area contributed by atoms with E-state index in [4.69, 9.17) is 16.7 Å². The number of phenolic OH excluding ortho intramolecular Hbond substituents is 1. The molecule has 2 N–H and O–H groups in total. The van der Waals surface area contributed by atoms with Gasteiger partial charge in [0.1, 0.15) is 5.75 Å². The largest absolute Gasteiger partial charge is 0.506 e. The Morgan fingerprint density at radius 1 is 1.50 bits per heavy atom. The van der Waals surface area contributed by atoms with Gasteiger partial charge < -0.3 is 10.2 Å². The van der Waals surface area contributed by atoms with Gasteiger partial charge in [0.2, 0.25) is 0 Å². The molecule has 0 aliphatic heterocycles. The number of hydrogen-bond acceptors (Lipinski definition) is 3. The Labute approximate surface area is 84.7 Å². The molecule has 0 saturated carbocycles. The van der Waals surface area contributed by atoms with E-state index in [-0.39, 0.29) is 22.8 Å². The molecule has 5 heteroatoms. The number of phenols is 1. The van der Waals surface area contributed by atoms with Gasteiger partial charge in [-0.1, -0.05) is 11.6 Å². The second kappa shape index (κ2) is 4.11. The highest BCUT2D eigenvalue weighted by Gasteiger charge is 2.09. The number of aliphatic carboxylic acids is 1. The molecular formula is C9H7ClO4. The predicted molar refractivity (Wildman–Crippen MR) is 49.8 cm³/mol. The molecule has 74 valence electrons. The predicted octanol–water partition coefficient (Wildman–Crippen LogP) is 1.49. The van der Waals surface area contributed by atoms with Crippen LogP contribution in [0.15, 0.2) is 12.1 Å². The van der Waals surface area contributed by atoms with Gasteiger partial charge in [0.25, 0.3) is 0 Å². The van der Waals surface area contributed by atoms with E-state index in [9.17, 15) is 14.7 Å². The first kappa shape index (κ1) is 10.5. The molecule has 1 aromatic carbocycles. The molecule has 0 aromatic heterocycles. The number of carbonyl (C=O) groups excluding carboxylic acids is 1. The van der Waals surface area contributed by atoms with Crippen molar-refractivity contribution in [3.05, 3.63) is 28.3 Å². The highest BCUT2D eigenvalue weighted by Crippen LogP contribution is 2.28. The first-order chi connectivity index (χ1) is 6.54. The van der Waals surface area contributed by atoms with Crippen LogP contribution in [0.2, 0.25) is 5.02 Å². The van der Waals surface area contributed by atoms with Crippen molar-refractivity contribution < 1.29 is 19.8 Å². The lowest BCUT2D eigenvalue weighted by Gasteiger charge is -2.03. The van der Waals surface area contributed by atoms with E-state index in [1.807, 2.05) is 0 Å². The van der Waals surface area contributed by atoms with Crippen molar-refractivity contribution in [3.8, 4) is 5.75 Å². The lowest BCUT2D eigenvalue weighted by atomic mass is 10.1. The summed E-state index contributed by atoms with van der Waals surface area (Å²) in [6.07, 6.45) is 0.188. The monoisotopic (exact) mass is 214 g/mol. The van der Waals surface area contributed by atoms with Crippen molar-refractivity contribution in [1.82, 2.24) is 0 Å². The molecule has 1 rings (SSSR count). The van der Waals surface area contributed by atoms with Crippen molar-refractivity contribution in [2.24, 2.45) is 0 Å². The summed E-state index contributed by atoms with van der Waals surface area (Å²) in [7, 11) is 0. The Morgan fingerprint density at radius 3 is 2.64 bits per heavy atom. The maximum atomic E-state index is 10.5. The van der Waals surface area contributed by atoms with E-state index in [2.05, 4.69) is 0 Å². The van der Waals surface area contributed by atoms with Gasteiger partial charge >= 0.3 is 5.97 Å². The van der Waals surface area contributed by atoms with Crippen LogP contribution in [0.4, 0.5) is 0 Å². The van der Waals surface area contributed by atoms with Crippen molar-refractivity contribution in [2.45, 2.75) is 6.42 Å². The van der Waals surface area contributed by atoms with Crippen LogP contribution in [0.5, 0.6) is 5.75 Å². The molecule has 0 spiro atoms. The first-order valence-electron chi connectivity index (χ1n) is 3.73. The molecule has 0 aliphatic carbocycles. The minimum absolute atomic E-state index is 0.00579. The third-order valence-electron chi connectivity index (χ3n) is 1.63. The first-order valence-corrected chi connectivity index (χ1v) is 4.10. The minimum atomic E-state index is -1.02. The van der Waals surface area contributed by atoms with Crippen molar-refractivity contribution in [2.75, 3.05) is 0 Å². The second-order valence-corrected chi connectivity index (χ2v) is 3.11. The van der Waals surface area contributed by atoms with E-state index in [0.717, 1.165) is 0 Å². The quantitative estimate of drug-likeness (QED) is 0.748. The molecule has 0 unspecified atom stereocenters. The fourth-order valence-electron chi connectivity index (χ4n) is 1.05. The zero-order valence-corrected chi connectivity index (χ0v) is 7.78. The van der Waals surface area contributed by atoms with E-state index in [1.54, 1.807) is 0 Å². The maximum absolute atomic E-state index is 10.5. The van der Waals surface area contributed by atoms with Gasteiger partial charge in [-0.05, 0) is 17.7 Å². The molecule has 4 nitrogen and oxygen atoms in total. The standard InChI is InChI=1S/C9H7ClO4/c10-7-2-5(3-8(12)13)1-6(4-11)9(7)14/h1-2,4,14H,3H2,(H,12,13). The molecule has 0 amide bonds. The van der Waals surface area contributed by atoms with Gasteiger partial charge in [-0.3, -0.25) is 9.59 Å². The number of carbonyl (C=O) groups is 2. The molecule has 1 aromatic rings. The van der Waals surface area contributed by atoms with Gasteiger partial charge in [0, 0.05) is 0 Å². The van der Waals surface area contributed by atoms with Gasteiger partial charge in [0.05, 0.1) is 17.0 Å². The highest BCUT2D eigenvalue weighted by molar-refractivity contribution is 6.32. The minimum Gasteiger partial charge on any atom is -0.506 e. The summed E-state index contributed by atoms with van der Waals surface area (Å²) in [5.74, 6) is -1.35. The van der Waals surface area contributed by atoms with E-state index in [1.165, 1.54) is 12.1 Å². The smallest absolute Gasteiger partial charge is 0.307 e. The topological polar surface area (TPSA) is 74.6 Å². The molecular weight excluding hydrogens is 208 g/mol. The van der Waals surface area contributed by atoms with Crippen molar-refractivity contribution >= 4 is 23.9 Å². The molecule has 0 fully saturated rings. The molecule has 0 bridgehead atoms. The van der Waals surface area contributed by atoms with E-state index >= 15 is 0 Å². The van der Waals surface area contributed by atoms with Gasteiger partial charge in [-0.15, -0.1) is 0 Å². The van der Waals surface area contributed by atoms with E-state index in [0.29, 0.717) is 11.8 Å². The third-order valence-corrected chi connectivity index (χ3v) is 1.92. The van der Waals surface area contributed by atoms with E-state index < -0.39 is 5.97 Å². The summed E-state index contributed by atoms with van der Waals surface area (Å²) >= 11 is 5.58. The van der Waals surface area contributed by atoms with Crippen molar-refractivity contribution in [1.29, 1.82) is 0 Å². The summed E-state index contributed by atoms with van der Waals surface area (Å²) in [5, 5.41) is 17.7. The van der Waals surface area contributed by atoms with Crippen LogP contribution in [0.1, 0.15) is 15.9 Å². The lowest BCUT2D eigenvalue weighted by Crippen LogP contribution is -2.00. The Morgan fingerprint density at radius 2 is 2.14 bits per heavy atom. The third kappa shape index (κ3) is 2.23. The van der Waals surface area contributed by atoms with Crippen LogP contribution >= 0.6 is 11.6 Å². The summed E-state index contributed by atoms with van der Waals surface area (Å²) in [6, 6.07) is 2.61. The molecule has 14 heavy (non-hydrogen) atoms. The average molecular weight is 215 g/mol. The number of hydrogen-bond donors (Lipinski definition) is 2. The molecule has 0 saturated heterocycles. The zero-order chi connectivity index (χ0) is 10.7. The summed E-state index contributed by atoms with van der Waals surface area (Å²) < 4.78 is 0. The fraction of sp³-hybridized carbons (Fsp3) is 0.111. The average Bonchev–Trinajstić information content (AvgIpc) is 2.10. The Bertz CT molecular complexity index is 387. The Kier molecular flexibility index (Phi) is 3.09. The fourth-order valence-corrected chi connectivity index (χ4v) is 1.29. The van der Waals surface area contributed by atoms with Gasteiger partial charge in [-0.25, -0.2) is 0 Å². The van der Waals surface area contributed by atoms with Crippen LogP contribution in [-0.2, 0) is 11.2 Å². The number of aldehydes is 1. The Hall–Kier alpha value is -1.55. The van der Waals surface area contributed by atoms with Gasteiger partial charge in [-0.2, -0.15) is 0 Å². The highest BCUT2D eigenvalue weighted by atomic mass is 35.5. The van der Waals surface area contributed by atoms with Crippen LogP contribution in [-0.4, -0.2) is 22.5 Å². The van der Waals surface area contributed by atoms with Crippen LogP contribution in [0.3, 0.4) is 0 Å². The SMILES string of the molecule is O=Cc1cc(CC(=O)O)cc(Cl)c1O. The van der Waals surface area contributed by atoms with Gasteiger partial charge in [0.15, 0.2) is 6.29 Å². The van der Waals surface area contributed by atoms with Crippen molar-refractivity contribution in [3.63, 3.8) is 0 Å². The summed E-state index contributed by atoms with van der Waals surface area (Å²) in [5.41, 5.74) is 0.371. The number of aromatic hydroxyl groups is 1. The number of benzene rings is 1. The lowest BCUT2D eigenvalue weighted by molar-refractivity contribution is -0.136. The molecule has 0 heterocycles.